The molecule has 0 radical (unpaired) electrons. The second kappa shape index (κ2) is 10.1. The van der Waals surface area contributed by atoms with Crippen LogP contribution in [0.3, 0.4) is 0 Å². The Morgan fingerprint density at radius 2 is 1.86 bits per heavy atom. The van der Waals surface area contributed by atoms with Crippen LogP contribution in [-0.4, -0.2) is 68.5 Å². The zero-order chi connectivity index (χ0) is 26.0. The lowest BCUT2D eigenvalue weighted by Crippen LogP contribution is -2.32. The second-order valence-electron chi connectivity index (χ2n) is 8.89. The molecule has 36 heavy (non-hydrogen) atoms. The average molecular weight is 490 g/mol. The first-order valence-corrected chi connectivity index (χ1v) is 11.5. The SMILES string of the molecule is Cc1c(/C(O)=C2\C(=O)C(=O)N(CCCN(C)C)C2c2cccc([N+](=O)[O-])c2)cnn1-c1ccccc1. The number of hydrogen-bond acceptors (Lipinski definition) is 7. The molecule has 2 aromatic carbocycles. The molecule has 1 unspecified atom stereocenters. The molecule has 1 N–H and O–H groups in total. The van der Waals surface area contributed by atoms with Gasteiger partial charge in [0.2, 0.25) is 0 Å². The third-order valence-corrected chi connectivity index (χ3v) is 6.21. The molecule has 1 amide bonds. The fourth-order valence-corrected chi connectivity index (χ4v) is 4.44. The van der Waals surface area contributed by atoms with Crippen molar-refractivity contribution in [2.75, 3.05) is 27.2 Å². The van der Waals surface area contributed by atoms with Crippen molar-refractivity contribution in [1.82, 2.24) is 19.6 Å². The van der Waals surface area contributed by atoms with Gasteiger partial charge in [-0.3, -0.25) is 19.7 Å². The number of rotatable bonds is 8. The summed E-state index contributed by atoms with van der Waals surface area (Å²) in [5, 5.41) is 27.2. The van der Waals surface area contributed by atoms with Gasteiger partial charge in [0, 0.05) is 18.7 Å². The fraction of sp³-hybridized carbons (Fsp3) is 0.269. The Hall–Kier alpha value is -4.31. The van der Waals surface area contributed by atoms with Gasteiger partial charge >= 0.3 is 0 Å². The largest absolute Gasteiger partial charge is 0.507 e. The number of aliphatic hydroxyl groups is 1. The Balaban J connectivity index is 1.84. The van der Waals surface area contributed by atoms with Gasteiger partial charge in [0.25, 0.3) is 17.4 Å². The van der Waals surface area contributed by atoms with E-state index in [1.54, 1.807) is 17.7 Å². The molecular weight excluding hydrogens is 462 g/mol. The maximum atomic E-state index is 13.2. The maximum Gasteiger partial charge on any atom is 0.295 e. The maximum absolute atomic E-state index is 13.2. The number of nitrogens with zero attached hydrogens (tertiary/aromatic N) is 5. The highest BCUT2D eigenvalue weighted by atomic mass is 16.6. The summed E-state index contributed by atoms with van der Waals surface area (Å²) in [7, 11) is 3.80. The molecule has 2 heterocycles. The first kappa shape index (κ1) is 24.8. The van der Waals surface area contributed by atoms with E-state index >= 15 is 0 Å². The first-order chi connectivity index (χ1) is 17.2. The van der Waals surface area contributed by atoms with E-state index in [1.807, 2.05) is 49.3 Å². The van der Waals surface area contributed by atoms with E-state index in [4.69, 9.17) is 0 Å². The molecule has 3 aromatic rings. The van der Waals surface area contributed by atoms with Crippen molar-refractivity contribution in [2.45, 2.75) is 19.4 Å². The molecule has 0 aliphatic carbocycles. The van der Waals surface area contributed by atoms with Crippen molar-refractivity contribution >= 4 is 23.1 Å². The average Bonchev–Trinajstić information content (AvgIpc) is 3.36. The summed E-state index contributed by atoms with van der Waals surface area (Å²) in [4.78, 5) is 40.6. The highest BCUT2D eigenvalue weighted by molar-refractivity contribution is 6.46. The van der Waals surface area contributed by atoms with Crippen LogP contribution in [0.1, 0.15) is 29.3 Å². The summed E-state index contributed by atoms with van der Waals surface area (Å²) in [5.41, 5.74) is 1.76. The van der Waals surface area contributed by atoms with Gasteiger partial charge < -0.3 is 14.9 Å². The highest BCUT2D eigenvalue weighted by Crippen LogP contribution is 2.40. The van der Waals surface area contributed by atoms with Crippen molar-refractivity contribution in [2.24, 2.45) is 0 Å². The number of amides is 1. The number of carbonyl (C=O) groups is 2. The number of aromatic nitrogens is 2. The summed E-state index contributed by atoms with van der Waals surface area (Å²) >= 11 is 0. The Morgan fingerprint density at radius 1 is 1.14 bits per heavy atom. The molecule has 186 valence electrons. The second-order valence-corrected chi connectivity index (χ2v) is 8.89. The van der Waals surface area contributed by atoms with Crippen LogP contribution in [0.4, 0.5) is 5.69 Å². The van der Waals surface area contributed by atoms with Crippen LogP contribution in [-0.2, 0) is 9.59 Å². The number of nitro benzene ring substituents is 1. The Bertz CT molecular complexity index is 1350. The van der Waals surface area contributed by atoms with Gasteiger partial charge in [-0.25, -0.2) is 4.68 Å². The van der Waals surface area contributed by atoms with Gasteiger partial charge in [0.1, 0.15) is 5.76 Å². The molecule has 0 bridgehead atoms. The molecule has 1 aliphatic rings. The number of hydrogen-bond donors (Lipinski definition) is 1. The summed E-state index contributed by atoms with van der Waals surface area (Å²) in [5.74, 6) is -1.94. The van der Waals surface area contributed by atoms with Crippen LogP contribution >= 0.6 is 0 Å². The molecule has 1 aromatic heterocycles. The van der Waals surface area contributed by atoms with Gasteiger partial charge in [-0.15, -0.1) is 0 Å². The third kappa shape index (κ3) is 4.63. The van der Waals surface area contributed by atoms with Crippen molar-refractivity contribution < 1.29 is 19.6 Å². The normalized spacial score (nSPS) is 17.2. The molecule has 0 saturated carbocycles. The Morgan fingerprint density at radius 3 is 2.53 bits per heavy atom. The number of benzene rings is 2. The minimum absolute atomic E-state index is 0.110. The van der Waals surface area contributed by atoms with E-state index in [-0.39, 0.29) is 23.6 Å². The van der Waals surface area contributed by atoms with Gasteiger partial charge in [0.05, 0.1) is 39.7 Å². The van der Waals surface area contributed by atoms with Crippen LogP contribution in [0, 0.1) is 17.0 Å². The van der Waals surface area contributed by atoms with E-state index in [0.29, 0.717) is 29.8 Å². The van der Waals surface area contributed by atoms with Gasteiger partial charge in [0.15, 0.2) is 0 Å². The summed E-state index contributed by atoms with van der Waals surface area (Å²) in [6.07, 6.45) is 2.03. The summed E-state index contributed by atoms with van der Waals surface area (Å²) < 4.78 is 1.63. The minimum atomic E-state index is -0.966. The van der Waals surface area contributed by atoms with Gasteiger partial charge in [-0.2, -0.15) is 5.10 Å². The number of carbonyl (C=O) groups excluding carboxylic acids is 2. The van der Waals surface area contributed by atoms with E-state index in [2.05, 4.69) is 5.10 Å². The fourth-order valence-electron chi connectivity index (χ4n) is 4.44. The Labute approximate surface area is 208 Å². The lowest BCUT2D eigenvalue weighted by atomic mass is 9.95. The zero-order valence-corrected chi connectivity index (χ0v) is 20.3. The predicted octanol–water partition coefficient (Wildman–Crippen LogP) is 3.46. The van der Waals surface area contributed by atoms with Gasteiger partial charge in [-0.05, 0) is 51.7 Å². The molecule has 10 heteroatoms. The van der Waals surface area contributed by atoms with Crippen LogP contribution in [0.15, 0.2) is 66.4 Å². The molecular formula is C26H27N5O5. The molecule has 1 saturated heterocycles. The minimum Gasteiger partial charge on any atom is -0.507 e. The first-order valence-electron chi connectivity index (χ1n) is 11.5. The monoisotopic (exact) mass is 489 g/mol. The number of likely N-dealkylation sites (tertiary alicyclic amines) is 1. The Kier molecular flexibility index (Phi) is 6.98. The van der Waals surface area contributed by atoms with E-state index in [1.165, 1.54) is 29.3 Å². The van der Waals surface area contributed by atoms with Crippen molar-refractivity contribution in [3.05, 3.63) is 93.3 Å². The highest BCUT2D eigenvalue weighted by Gasteiger charge is 2.46. The predicted molar refractivity (Wildman–Crippen MR) is 134 cm³/mol. The van der Waals surface area contributed by atoms with Crippen molar-refractivity contribution in [3.63, 3.8) is 0 Å². The van der Waals surface area contributed by atoms with Crippen LogP contribution in [0.25, 0.3) is 11.4 Å². The number of aliphatic hydroxyl groups excluding tert-OH is 1. The lowest BCUT2D eigenvalue weighted by molar-refractivity contribution is -0.384. The molecule has 1 aliphatic heterocycles. The standard InChI is InChI=1S/C26H27N5O5/c1-17-21(16-27-30(17)19-10-5-4-6-11-19)24(32)22-23(18-9-7-12-20(15-18)31(35)36)29(26(34)25(22)33)14-8-13-28(2)3/h4-7,9-12,15-16,23,32H,8,13-14H2,1-3H3/b24-22+. The van der Waals surface area contributed by atoms with E-state index in [0.717, 1.165) is 5.69 Å². The van der Waals surface area contributed by atoms with Crippen molar-refractivity contribution in [3.8, 4) is 5.69 Å². The molecule has 10 nitrogen and oxygen atoms in total. The van der Waals surface area contributed by atoms with Crippen LogP contribution < -0.4 is 0 Å². The molecule has 1 fully saturated rings. The van der Waals surface area contributed by atoms with E-state index in [9.17, 15) is 24.8 Å². The topological polar surface area (TPSA) is 122 Å². The molecule has 0 spiro atoms. The molecule has 4 rings (SSSR count). The summed E-state index contributed by atoms with van der Waals surface area (Å²) in [6.45, 7) is 2.67. The van der Waals surface area contributed by atoms with Crippen LogP contribution in [0.5, 0.6) is 0 Å². The van der Waals surface area contributed by atoms with Crippen LogP contribution in [0.2, 0.25) is 0 Å². The lowest BCUT2D eigenvalue weighted by Gasteiger charge is -2.25. The number of ketones is 1. The quantitative estimate of drug-likeness (QED) is 0.169. The van der Waals surface area contributed by atoms with Crippen molar-refractivity contribution in [1.29, 1.82) is 0 Å². The summed E-state index contributed by atoms with van der Waals surface area (Å²) in [6, 6.07) is 14.1. The number of para-hydroxylation sites is 1. The smallest absolute Gasteiger partial charge is 0.295 e. The number of nitro groups is 1. The van der Waals surface area contributed by atoms with Gasteiger partial charge in [-0.1, -0.05) is 30.3 Å². The number of non-ortho nitro benzene ring substituents is 1. The molecule has 1 atom stereocenters. The third-order valence-electron chi connectivity index (χ3n) is 6.21. The zero-order valence-electron chi connectivity index (χ0n) is 20.3. The van der Waals surface area contributed by atoms with E-state index < -0.39 is 22.7 Å². The number of Topliss-reactive ketones (excluding diaryl/α,β-unsaturated/α-hetero) is 1.